The fourth-order valence-corrected chi connectivity index (χ4v) is 2.66. The molecule has 3 rings (SSSR count). The summed E-state index contributed by atoms with van der Waals surface area (Å²) < 4.78 is 10.5. The van der Waals surface area contributed by atoms with E-state index >= 15 is 0 Å². The molecule has 5 nitrogen and oxygen atoms in total. The fourth-order valence-electron chi connectivity index (χ4n) is 2.66. The molecule has 1 heterocycles. The standard InChI is InChI=1S/C14H12O5/c1-18-11-6-8(15)7-14(19-11)12(16)9-4-2-3-5-10(9)13(14)17/h2-5,11H,6-7H2,1H3/t11-/m1/s1. The monoisotopic (exact) mass is 260 g/mol. The van der Waals surface area contributed by atoms with Crippen molar-refractivity contribution in [2.75, 3.05) is 7.11 Å². The van der Waals surface area contributed by atoms with Gasteiger partial charge in [0.05, 0.1) is 12.8 Å². The molecule has 1 aliphatic heterocycles. The van der Waals surface area contributed by atoms with E-state index in [0.29, 0.717) is 11.1 Å². The lowest BCUT2D eigenvalue weighted by Crippen LogP contribution is -2.52. The SMILES string of the molecule is CO[C@H]1CC(=O)CC2(O1)C(=O)c1ccccc1C2=O. The van der Waals surface area contributed by atoms with Crippen LogP contribution in [0.3, 0.4) is 0 Å². The summed E-state index contributed by atoms with van der Waals surface area (Å²) in [5.74, 6) is -1.08. The zero-order chi connectivity index (χ0) is 13.6. The summed E-state index contributed by atoms with van der Waals surface area (Å²) in [6, 6.07) is 6.52. The normalized spacial score (nSPS) is 24.9. The van der Waals surface area contributed by atoms with Crippen molar-refractivity contribution in [2.45, 2.75) is 24.7 Å². The van der Waals surface area contributed by atoms with Crippen LogP contribution in [0.25, 0.3) is 0 Å². The Labute approximate surface area is 109 Å². The van der Waals surface area contributed by atoms with Crippen LogP contribution in [0.5, 0.6) is 0 Å². The number of carbonyl (C=O) groups is 3. The summed E-state index contributed by atoms with van der Waals surface area (Å²) in [7, 11) is 1.38. The number of fused-ring (bicyclic) bond motifs is 1. The molecule has 19 heavy (non-hydrogen) atoms. The average Bonchev–Trinajstić information content (AvgIpc) is 2.62. The Bertz CT molecular complexity index is 554. The third-order valence-electron chi connectivity index (χ3n) is 3.59. The number of hydrogen-bond acceptors (Lipinski definition) is 5. The first-order chi connectivity index (χ1) is 9.08. The fraction of sp³-hybridized carbons (Fsp3) is 0.357. The van der Waals surface area contributed by atoms with E-state index in [4.69, 9.17) is 9.47 Å². The van der Waals surface area contributed by atoms with Gasteiger partial charge in [-0.15, -0.1) is 0 Å². The first-order valence-electron chi connectivity index (χ1n) is 5.99. The van der Waals surface area contributed by atoms with Crippen molar-refractivity contribution in [3.63, 3.8) is 0 Å². The lowest BCUT2D eigenvalue weighted by Gasteiger charge is -2.34. The van der Waals surface area contributed by atoms with Crippen LogP contribution in [0.2, 0.25) is 0 Å². The van der Waals surface area contributed by atoms with Crippen molar-refractivity contribution in [3.05, 3.63) is 35.4 Å². The highest BCUT2D eigenvalue weighted by Crippen LogP contribution is 2.39. The molecule has 0 aromatic heterocycles. The van der Waals surface area contributed by atoms with Crippen molar-refractivity contribution in [1.82, 2.24) is 0 Å². The van der Waals surface area contributed by atoms with Crippen LogP contribution in [0.1, 0.15) is 33.6 Å². The number of ketones is 3. The smallest absolute Gasteiger partial charge is 0.203 e. The van der Waals surface area contributed by atoms with Gasteiger partial charge in [-0.3, -0.25) is 14.4 Å². The molecule has 2 aliphatic rings. The molecule has 0 saturated carbocycles. The first-order valence-corrected chi connectivity index (χ1v) is 5.99. The number of ether oxygens (including phenoxy) is 2. The third kappa shape index (κ3) is 1.59. The van der Waals surface area contributed by atoms with Gasteiger partial charge in [0.1, 0.15) is 5.78 Å². The second kappa shape index (κ2) is 4.08. The Morgan fingerprint density at radius 3 is 2.26 bits per heavy atom. The molecule has 1 saturated heterocycles. The van der Waals surface area contributed by atoms with Gasteiger partial charge in [0, 0.05) is 18.2 Å². The van der Waals surface area contributed by atoms with Gasteiger partial charge < -0.3 is 9.47 Å². The summed E-state index contributed by atoms with van der Waals surface area (Å²) in [6.45, 7) is 0. The van der Waals surface area contributed by atoms with Gasteiger partial charge in [-0.2, -0.15) is 0 Å². The van der Waals surface area contributed by atoms with E-state index in [2.05, 4.69) is 0 Å². The first kappa shape index (κ1) is 12.2. The van der Waals surface area contributed by atoms with Crippen LogP contribution in [-0.4, -0.2) is 36.4 Å². The van der Waals surface area contributed by atoms with Crippen LogP contribution < -0.4 is 0 Å². The van der Waals surface area contributed by atoms with Gasteiger partial charge in [-0.1, -0.05) is 24.3 Å². The van der Waals surface area contributed by atoms with E-state index in [1.165, 1.54) is 7.11 Å². The molecule has 98 valence electrons. The maximum absolute atomic E-state index is 12.4. The second-order valence-corrected chi connectivity index (χ2v) is 4.73. The highest BCUT2D eigenvalue weighted by atomic mass is 16.7. The van der Waals surface area contributed by atoms with E-state index in [1.807, 2.05) is 0 Å². The molecule has 1 aromatic carbocycles. The summed E-state index contributed by atoms with van der Waals surface area (Å²) in [5, 5.41) is 0. The van der Waals surface area contributed by atoms with Crippen molar-refractivity contribution in [3.8, 4) is 0 Å². The Balaban J connectivity index is 2.09. The topological polar surface area (TPSA) is 69.7 Å². The molecule has 1 aromatic rings. The quantitative estimate of drug-likeness (QED) is 0.708. The maximum atomic E-state index is 12.4. The van der Waals surface area contributed by atoms with Crippen molar-refractivity contribution < 1.29 is 23.9 Å². The van der Waals surface area contributed by atoms with Crippen molar-refractivity contribution >= 4 is 17.3 Å². The number of carbonyl (C=O) groups excluding carboxylic acids is 3. The van der Waals surface area contributed by atoms with Crippen LogP contribution in [-0.2, 0) is 14.3 Å². The highest BCUT2D eigenvalue weighted by molar-refractivity contribution is 6.33. The van der Waals surface area contributed by atoms with Crippen LogP contribution in [0, 0.1) is 0 Å². The van der Waals surface area contributed by atoms with E-state index in [0.717, 1.165) is 0 Å². The minimum absolute atomic E-state index is 0.0646. The number of hydrogen-bond donors (Lipinski definition) is 0. The molecule has 1 fully saturated rings. The largest absolute Gasteiger partial charge is 0.355 e. The maximum Gasteiger partial charge on any atom is 0.203 e. The minimum atomic E-state index is -1.71. The summed E-state index contributed by atoms with van der Waals surface area (Å²) in [6.07, 6.45) is -0.988. The predicted octanol–water partition coefficient (Wildman–Crippen LogP) is 1.16. The number of methoxy groups -OCH3 is 1. The Hall–Kier alpha value is -1.85. The molecule has 1 atom stereocenters. The molecule has 0 unspecified atom stereocenters. The van der Waals surface area contributed by atoms with Gasteiger partial charge in [-0.25, -0.2) is 0 Å². The molecule has 0 amide bonds. The van der Waals surface area contributed by atoms with E-state index in [-0.39, 0.29) is 18.6 Å². The third-order valence-corrected chi connectivity index (χ3v) is 3.59. The lowest BCUT2D eigenvalue weighted by molar-refractivity contribution is -0.192. The second-order valence-electron chi connectivity index (χ2n) is 4.73. The minimum Gasteiger partial charge on any atom is -0.355 e. The molecule has 5 heteroatoms. The summed E-state index contributed by atoms with van der Waals surface area (Å²) in [5.41, 5.74) is -1.08. The van der Waals surface area contributed by atoms with E-state index in [1.54, 1.807) is 24.3 Å². The van der Waals surface area contributed by atoms with Crippen LogP contribution >= 0.6 is 0 Å². The van der Waals surface area contributed by atoms with Gasteiger partial charge in [0.15, 0.2) is 6.29 Å². The molecular weight excluding hydrogens is 248 g/mol. The van der Waals surface area contributed by atoms with E-state index in [9.17, 15) is 14.4 Å². The zero-order valence-electron chi connectivity index (χ0n) is 10.3. The van der Waals surface area contributed by atoms with Crippen LogP contribution in [0.4, 0.5) is 0 Å². The number of benzene rings is 1. The number of Topliss-reactive ketones (excluding diaryl/α,β-unsaturated/α-hetero) is 3. The predicted molar refractivity (Wildman–Crippen MR) is 64.0 cm³/mol. The van der Waals surface area contributed by atoms with Crippen molar-refractivity contribution in [1.29, 1.82) is 0 Å². The zero-order valence-corrected chi connectivity index (χ0v) is 10.3. The van der Waals surface area contributed by atoms with Crippen LogP contribution in [0.15, 0.2) is 24.3 Å². The molecular formula is C14H12O5. The lowest BCUT2D eigenvalue weighted by atomic mass is 9.88. The molecule has 1 spiro atoms. The van der Waals surface area contributed by atoms with E-state index < -0.39 is 23.5 Å². The van der Waals surface area contributed by atoms with Gasteiger partial charge >= 0.3 is 0 Å². The molecule has 0 N–H and O–H groups in total. The van der Waals surface area contributed by atoms with Gasteiger partial charge in [0.25, 0.3) is 0 Å². The Morgan fingerprint density at radius 1 is 1.16 bits per heavy atom. The van der Waals surface area contributed by atoms with Gasteiger partial charge in [0.2, 0.25) is 17.2 Å². The Morgan fingerprint density at radius 2 is 1.74 bits per heavy atom. The molecule has 0 bridgehead atoms. The molecule has 1 aliphatic carbocycles. The average molecular weight is 260 g/mol. The highest BCUT2D eigenvalue weighted by Gasteiger charge is 2.58. The Kier molecular flexibility index (Phi) is 2.62. The molecule has 0 radical (unpaired) electrons. The van der Waals surface area contributed by atoms with Gasteiger partial charge in [-0.05, 0) is 0 Å². The summed E-state index contributed by atoms with van der Waals surface area (Å²) >= 11 is 0. The number of rotatable bonds is 1. The van der Waals surface area contributed by atoms with Crippen molar-refractivity contribution in [2.24, 2.45) is 0 Å². The summed E-state index contributed by atoms with van der Waals surface area (Å²) in [4.78, 5) is 36.6.